The fourth-order valence-electron chi connectivity index (χ4n) is 2.39. The van der Waals surface area contributed by atoms with Gasteiger partial charge in [-0.2, -0.15) is 0 Å². The second kappa shape index (κ2) is 8.44. The highest BCUT2D eigenvalue weighted by Gasteiger charge is 2.19. The van der Waals surface area contributed by atoms with Gasteiger partial charge in [-0.1, -0.05) is 48.5 Å². The molecule has 0 radical (unpaired) electrons. The molecule has 0 aliphatic heterocycles. The number of carbonyl (C=O) groups is 2. The van der Waals surface area contributed by atoms with Crippen molar-refractivity contribution in [3.05, 3.63) is 71.8 Å². The van der Waals surface area contributed by atoms with E-state index in [0.717, 1.165) is 17.9 Å². The topological polar surface area (TPSA) is 101 Å². The number of carbonyl (C=O) groups excluding carboxylic acids is 1. The van der Waals surface area contributed by atoms with Crippen molar-refractivity contribution in [1.82, 2.24) is 5.32 Å². The first-order valence-corrected chi connectivity index (χ1v) is 9.71. The van der Waals surface area contributed by atoms with Crippen LogP contribution in [-0.2, 0) is 25.8 Å². The standard InChI is InChI=1S/C19H19NO5S/c1-26(24,25)17-10-6-5-9-15(17)11-12-18(21)20-16(19(22)23)13-14-7-3-2-4-8-14/h2-12,16H,13H2,1H3,(H,20,21)(H,22,23). The molecule has 0 bridgehead atoms. The summed E-state index contributed by atoms with van der Waals surface area (Å²) in [6.07, 6.45) is 3.72. The third-order valence-electron chi connectivity index (χ3n) is 3.63. The van der Waals surface area contributed by atoms with Gasteiger partial charge in [0.2, 0.25) is 5.91 Å². The molecule has 0 heterocycles. The first-order valence-electron chi connectivity index (χ1n) is 7.82. The van der Waals surface area contributed by atoms with Crippen LogP contribution in [0.4, 0.5) is 0 Å². The largest absolute Gasteiger partial charge is 0.480 e. The van der Waals surface area contributed by atoms with Gasteiger partial charge in [0.1, 0.15) is 6.04 Å². The number of hydrogen-bond acceptors (Lipinski definition) is 4. The molecule has 2 rings (SSSR count). The van der Waals surface area contributed by atoms with Crippen LogP contribution in [0.25, 0.3) is 6.08 Å². The number of benzene rings is 2. The highest BCUT2D eigenvalue weighted by molar-refractivity contribution is 7.90. The third-order valence-corrected chi connectivity index (χ3v) is 4.80. The Bertz CT molecular complexity index is 920. The first-order chi connectivity index (χ1) is 12.3. The van der Waals surface area contributed by atoms with Crippen molar-refractivity contribution < 1.29 is 23.1 Å². The van der Waals surface area contributed by atoms with Crippen LogP contribution in [0.3, 0.4) is 0 Å². The SMILES string of the molecule is CS(=O)(=O)c1ccccc1C=CC(=O)NC(Cc1ccccc1)C(=O)O. The van der Waals surface area contributed by atoms with Gasteiger partial charge in [0, 0.05) is 18.8 Å². The predicted molar refractivity (Wildman–Crippen MR) is 98.3 cm³/mol. The highest BCUT2D eigenvalue weighted by Crippen LogP contribution is 2.16. The number of nitrogens with one attached hydrogen (secondary N) is 1. The van der Waals surface area contributed by atoms with Crippen molar-refractivity contribution >= 4 is 27.8 Å². The van der Waals surface area contributed by atoms with E-state index in [-0.39, 0.29) is 11.3 Å². The molecule has 0 aliphatic rings. The molecule has 2 N–H and O–H groups in total. The summed E-state index contributed by atoms with van der Waals surface area (Å²) in [4.78, 5) is 23.6. The van der Waals surface area contributed by atoms with E-state index in [9.17, 15) is 23.1 Å². The molecule has 0 saturated heterocycles. The lowest BCUT2D eigenvalue weighted by atomic mass is 10.1. The maximum Gasteiger partial charge on any atom is 0.326 e. The Balaban J connectivity index is 2.12. The molecule has 136 valence electrons. The molecule has 2 aromatic carbocycles. The molecule has 1 atom stereocenters. The van der Waals surface area contributed by atoms with E-state index in [2.05, 4.69) is 5.32 Å². The summed E-state index contributed by atoms with van der Waals surface area (Å²) in [5, 5.41) is 11.7. The van der Waals surface area contributed by atoms with Gasteiger partial charge in [-0.15, -0.1) is 0 Å². The van der Waals surface area contributed by atoms with Crippen molar-refractivity contribution in [3.63, 3.8) is 0 Å². The monoisotopic (exact) mass is 373 g/mol. The molecule has 0 aliphatic carbocycles. The van der Waals surface area contributed by atoms with Crippen molar-refractivity contribution in [1.29, 1.82) is 0 Å². The van der Waals surface area contributed by atoms with E-state index in [0.29, 0.717) is 5.56 Å². The van der Waals surface area contributed by atoms with Gasteiger partial charge in [-0.25, -0.2) is 13.2 Å². The summed E-state index contributed by atoms with van der Waals surface area (Å²) in [7, 11) is -3.44. The Kier molecular flexibility index (Phi) is 6.30. The minimum Gasteiger partial charge on any atom is -0.480 e. The van der Waals surface area contributed by atoms with Gasteiger partial charge in [-0.05, 0) is 23.3 Å². The smallest absolute Gasteiger partial charge is 0.326 e. The zero-order chi connectivity index (χ0) is 19.2. The van der Waals surface area contributed by atoms with Crippen LogP contribution in [0.5, 0.6) is 0 Å². The maximum absolute atomic E-state index is 12.1. The number of sulfone groups is 1. The van der Waals surface area contributed by atoms with Crippen molar-refractivity contribution in [3.8, 4) is 0 Å². The lowest BCUT2D eigenvalue weighted by molar-refractivity contribution is -0.141. The summed E-state index contributed by atoms with van der Waals surface area (Å²) in [6.45, 7) is 0. The van der Waals surface area contributed by atoms with Crippen LogP contribution >= 0.6 is 0 Å². The minimum atomic E-state index is -3.44. The highest BCUT2D eigenvalue weighted by atomic mass is 32.2. The number of aliphatic carboxylic acids is 1. The quantitative estimate of drug-likeness (QED) is 0.722. The Morgan fingerprint density at radius 3 is 2.31 bits per heavy atom. The Labute approximate surface area is 152 Å². The van der Waals surface area contributed by atoms with Crippen LogP contribution in [0, 0.1) is 0 Å². The average molecular weight is 373 g/mol. The summed E-state index contributed by atoms with van der Waals surface area (Å²) < 4.78 is 23.5. The van der Waals surface area contributed by atoms with Crippen LogP contribution in [-0.4, -0.2) is 37.7 Å². The van der Waals surface area contributed by atoms with E-state index in [1.165, 1.54) is 12.1 Å². The predicted octanol–water partition coefficient (Wildman–Crippen LogP) is 1.92. The molecule has 0 spiro atoms. The Morgan fingerprint density at radius 1 is 1.08 bits per heavy atom. The van der Waals surface area contributed by atoms with Gasteiger partial charge >= 0.3 is 5.97 Å². The zero-order valence-corrected chi connectivity index (χ0v) is 14.9. The normalized spacial score (nSPS) is 12.7. The van der Waals surface area contributed by atoms with Crippen molar-refractivity contribution in [2.75, 3.05) is 6.26 Å². The molecule has 0 aromatic heterocycles. The van der Waals surface area contributed by atoms with E-state index in [4.69, 9.17) is 0 Å². The summed E-state index contributed by atoms with van der Waals surface area (Å²) in [5.74, 6) is -1.76. The molecule has 1 amide bonds. The van der Waals surface area contributed by atoms with Gasteiger partial charge < -0.3 is 10.4 Å². The fraction of sp³-hybridized carbons (Fsp3) is 0.158. The molecule has 0 fully saturated rings. The van der Waals surface area contributed by atoms with Gasteiger partial charge in [-0.3, -0.25) is 4.79 Å². The van der Waals surface area contributed by atoms with E-state index >= 15 is 0 Å². The van der Waals surface area contributed by atoms with E-state index in [1.807, 2.05) is 6.07 Å². The van der Waals surface area contributed by atoms with Crippen molar-refractivity contribution in [2.24, 2.45) is 0 Å². The van der Waals surface area contributed by atoms with Gasteiger partial charge in [0.25, 0.3) is 0 Å². The molecule has 7 heteroatoms. The minimum absolute atomic E-state index is 0.100. The number of carboxylic acid groups (broad SMARTS) is 1. The van der Waals surface area contributed by atoms with Crippen LogP contribution in [0.2, 0.25) is 0 Å². The number of rotatable bonds is 7. The van der Waals surface area contributed by atoms with Crippen LogP contribution in [0.1, 0.15) is 11.1 Å². The first kappa shape index (κ1) is 19.4. The summed E-state index contributed by atoms with van der Waals surface area (Å²) >= 11 is 0. The van der Waals surface area contributed by atoms with Crippen LogP contribution < -0.4 is 5.32 Å². The third kappa shape index (κ3) is 5.56. The average Bonchev–Trinajstić information content (AvgIpc) is 2.59. The molecular formula is C19H19NO5S. The number of hydrogen-bond donors (Lipinski definition) is 2. The van der Waals surface area contributed by atoms with Gasteiger partial charge in [0.05, 0.1) is 4.90 Å². The molecule has 1 unspecified atom stereocenters. The zero-order valence-electron chi connectivity index (χ0n) is 14.1. The molecule has 0 saturated carbocycles. The lowest BCUT2D eigenvalue weighted by Crippen LogP contribution is -2.41. The summed E-state index contributed by atoms with van der Waals surface area (Å²) in [5.41, 5.74) is 1.15. The van der Waals surface area contributed by atoms with Crippen LogP contribution in [0.15, 0.2) is 65.6 Å². The van der Waals surface area contributed by atoms with E-state index in [1.54, 1.807) is 42.5 Å². The Hall–Kier alpha value is -2.93. The van der Waals surface area contributed by atoms with Gasteiger partial charge in [0.15, 0.2) is 9.84 Å². The maximum atomic E-state index is 12.1. The second-order valence-electron chi connectivity index (χ2n) is 5.73. The summed E-state index contributed by atoms with van der Waals surface area (Å²) in [6, 6.07) is 14.1. The molecule has 6 nitrogen and oxygen atoms in total. The fourth-order valence-corrected chi connectivity index (χ4v) is 3.28. The molecule has 2 aromatic rings. The Morgan fingerprint density at radius 2 is 1.69 bits per heavy atom. The second-order valence-corrected chi connectivity index (χ2v) is 7.72. The van der Waals surface area contributed by atoms with Crippen molar-refractivity contribution in [2.45, 2.75) is 17.4 Å². The van der Waals surface area contributed by atoms with E-state index < -0.39 is 27.8 Å². The molecule has 26 heavy (non-hydrogen) atoms. The number of carboxylic acids is 1. The molecular weight excluding hydrogens is 354 g/mol. The lowest BCUT2D eigenvalue weighted by Gasteiger charge is -2.13. The number of amides is 1.